The molecule has 0 amide bonds. The fraction of sp³-hybridized carbons (Fsp3) is 0.105. The van der Waals surface area contributed by atoms with E-state index in [1.807, 2.05) is 26.0 Å². The van der Waals surface area contributed by atoms with Crippen molar-refractivity contribution in [3.05, 3.63) is 84.5 Å². The molecule has 0 saturated heterocycles. The van der Waals surface area contributed by atoms with E-state index in [4.69, 9.17) is 0 Å². The third-order valence-electron chi connectivity index (χ3n) is 3.90. The number of aliphatic imine (C=N–C) groups is 1. The molecule has 0 aliphatic carbocycles. The highest BCUT2D eigenvalue weighted by molar-refractivity contribution is 9.10. The summed E-state index contributed by atoms with van der Waals surface area (Å²) in [6.45, 7) is 3.82. The lowest BCUT2D eigenvalue weighted by Crippen LogP contribution is -2.31. The van der Waals surface area contributed by atoms with E-state index >= 15 is 0 Å². The van der Waals surface area contributed by atoms with Gasteiger partial charge in [0, 0.05) is 10.7 Å². The van der Waals surface area contributed by atoms with Crippen molar-refractivity contribution in [1.82, 2.24) is 9.55 Å². The molecule has 0 radical (unpaired) electrons. The van der Waals surface area contributed by atoms with Crippen LogP contribution in [0.4, 0.5) is 5.69 Å². The van der Waals surface area contributed by atoms with Gasteiger partial charge in [0.1, 0.15) is 5.56 Å². The van der Waals surface area contributed by atoms with Crippen molar-refractivity contribution in [2.75, 3.05) is 0 Å². The summed E-state index contributed by atoms with van der Waals surface area (Å²) in [7, 11) is 0. The third kappa shape index (κ3) is 3.52. The van der Waals surface area contributed by atoms with E-state index in [0.29, 0.717) is 11.4 Å². The number of aryl methyl sites for hydroxylation is 2. The van der Waals surface area contributed by atoms with E-state index in [9.17, 15) is 14.7 Å². The van der Waals surface area contributed by atoms with E-state index in [-0.39, 0.29) is 5.56 Å². The Labute approximate surface area is 157 Å². The largest absolute Gasteiger partial charge is 0.493 e. The van der Waals surface area contributed by atoms with Crippen molar-refractivity contribution in [3.63, 3.8) is 0 Å². The molecule has 2 N–H and O–H groups in total. The van der Waals surface area contributed by atoms with Crippen LogP contribution in [0.25, 0.3) is 5.69 Å². The number of H-pyrrole nitrogens is 1. The number of nitrogens with one attached hydrogen (secondary N) is 1. The summed E-state index contributed by atoms with van der Waals surface area (Å²) in [6.07, 6.45) is 1.25. The van der Waals surface area contributed by atoms with Gasteiger partial charge in [-0.2, -0.15) is 0 Å². The summed E-state index contributed by atoms with van der Waals surface area (Å²) in [6, 6.07) is 12.5. The van der Waals surface area contributed by atoms with E-state index < -0.39 is 17.1 Å². The van der Waals surface area contributed by atoms with Crippen molar-refractivity contribution in [3.8, 4) is 11.6 Å². The molecule has 0 unspecified atom stereocenters. The molecule has 0 atom stereocenters. The van der Waals surface area contributed by atoms with Gasteiger partial charge in [-0.3, -0.25) is 14.8 Å². The number of hydrogen-bond donors (Lipinski definition) is 2. The predicted molar refractivity (Wildman–Crippen MR) is 105 cm³/mol. The number of hydrogen-bond acceptors (Lipinski definition) is 4. The minimum Gasteiger partial charge on any atom is -0.493 e. The maximum Gasteiger partial charge on any atom is 0.335 e. The number of benzene rings is 2. The molecule has 3 aromatic rings. The Balaban J connectivity index is 2.12. The summed E-state index contributed by atoms with van der Waals surface area (Å²) >= 11 is 3.39. The summed E-state index contributed by atoms with van der Waals surface area (Å²) < 4.78 is 1.91. The van der Waals surface area contributed by atoms with Gasteiger partial charge in [-0.05, 0) is 49.7 Å². The summed E-state index contributed by atoms with van der Waals surface area (Å²) in [5, 5.41) is 10.5. The smallest absolute Gasteiger partial charge is 0.335 e. The van der Waals surface area contributed by atoms with Crippen LogP contribution in [-0.2, 0) is 0 Å². The Morgan fingerprint density at radius 2 is 1.81 bits per heavy atom. The fourth-order valence-corrected chi connectivity index (χ4v) is 2.68. The minimum atomic E-state index is -0.721. The number of nitrogens with zero attached hydrogens (tertiary/aromatic N) is 2. The second-order valence-corrected chi connectivity index (χ2v) is 6.71. The molecular formula is C19H16BrN3O3. The Morgan fingerprint density at radius 1 is 1.12 bits per heavy atom. The van der Waals surface area contributed by atoms with Crippen LogP contribution in [0.5, 0.6) is 5.88 Å². The van der Waals surface area contributed by atoms with Crippen molar-refractivity contribution in [2.45, 2.75) is 13.8 Å². The van der Waals surface area contributed by atoms with Crippen LogP contribution in [-0.4, -0.2) is 20.9 Å². The van der Waals surface area contributed by atoms with Crippen LogP contribution in [0, 0.1) is 13.8 Å². The van der Waals surface area contributed by atoms with Gasteiger partial charge in [0.15, 0.2) is 0 Å². The molecule has 26 heavy (non-hydrogen) atoms. The fourth-order valence-electron chi connectivity index (χ4n) is 2.43. The van der Waals surface area contributed by atoms with Crippen LogP contribution < -0.4 is 11.2 Å². The molecule has 0 fully saturated rings. The van der Waals surface area contributed by atoms with E-state index in [1.165, 1.54) is 6.21 Å². The van der Waals surface area contributed by atoms with E-state index in [2.05, 4.69) is 25.9 Å². The molecular weight excluding hydrogens is 398 g/mol. The van der Waals surface area contributed by atoms with Crippen molar-refractivity contribution in [1.29, 1.82) is 0 Å². The number of rotatable bonds is 3. The Kier molecular flexibility index (Phi) is 4.90. The van der Waals surface area contributed by atoms with E-state index in [0.717, 1.165) is 20.2 Å². The summed E-state index contributed by atoms with van der Waals surface area (Å²) in [5.41, 5.74) is 1.53. The van der Waals surface area contributed by atoms with Gasteiger partial charge in [0.2, 0.25) is 5.88 Å². The average molecular weight is 414 g/mol. The maximum atomic E-state index is 12.2. The lowest BCUT2D eigenvalue weighted by Gasteiger charge is -2.11. The van der Waals surface area contributed by atoms with Gasteiger partial charge < -0.3 is 5.11 Å². The normalized spacial score (nSPS) is 11.2. The van der Waals surface area contributed by atoms with E-state index in [1.54, 1.807) is 30.3 Å². The van der Waals surface area contributed by atoms with Gasteiger partial charge in [-0.25, -0.2) is 9.36 Å². The predicted octanol–water partition coefficient (Wildman–Crippen LogP) is 3.36. The van der Waals surface area contributed by atoms with Gasteiger partial charge in [-0.1, -0.05) is 33.6 Å². The molecule has 1 heterocycles. The molecule has 0 bridgehead atoms. The molecule has 0 saturated carbocycles. The highest BCUT2D eigenvalue weighted by Crippen LogP contribution is 2.22. The maximum absolute atomic E-state index is 12.2. The summed E-state index contributed by atoms with van der Waals surface area (Å²) in [5.74, 6) is -0.462. The van der Waals surface area contributed by atoms with Gasteiger partial charge >= 0.3 is 5.69 Å². The molecule has 6 nitrogen and oxygen atoms in total. The van der Waals surface area contributed by atoms with Crippen LogP contribution in [0.2, 0.25) is 0 Å². The second kappa shape index (κ2) is 7.13. The molecule has 0 spiro atoms. The molecule has 0 aliphatic rings. The Morgan fingerprint density at radius 3 is 2.46 bits per heavy atom. The summed E-state index contributed by atoms with van der Waals surface area (Å²) in [4.78, 5) is 30.7. The molecule has 0 aliphatic heterocycles. The Bertz CT molecular complexity index is 1110. The number of aromatic amines is 1. The molecule has 132 valence electrons. The lowest BCUT2D eigenvalue weighted by molar-refractivity contribution is 0.430. The first-order chi connectivity index (χ1) is 12.4. The van der Waals surface area contributed by atoms with Gasteiger partial charge in [0.05, 0.1) is 11.4 Å². The molecule has 3 rings (SSSR count). The monoisotopic (exact) mass is 413 g/mol. The van der Waals surface area contributed by atoms with Crippen LogP contribution in [0.1, 0.15) is 16.7 Å². The van der Waals surface area contributed by atoms with Gasteiger partial charge in [0.25, 0.3) is 5.56 Å². The first kappa shape index (κ1) is 17.9. The topological polar surface area (TPSA) is 87.4 Å². The van der Waals surface area contributed by atoms with Crippen molar-refractivity contribution in [2.24, 2.45) is 4.99 Å². The third-order valence-corrected chi connectivity index (χ3v) is 4.79. The van der Waals surface area contributed by atoms with Gasteiger partial charge in [-0.15, -0.1) is 0 Å². The van der Waals surface area contributed by atoms with Crippen molar-refractivity contribution < 1.29 is 5.11 Å². The van der Waals surface area contributed by atoms with Crippen molar-refractivity contribution >= 4 is 27.8 Å². The number of aromatic hydroxyl groups is 1. The zero-order valence-electron chi connectivity index (χ0n) is 14.2. The highest BCUT2D eigenvalue weighted by atomic mass is 79.9. The quantitative estimate of drug-likeness (QED) is 0.645. The molecule has 1 aromatic heterocycles. The number of aromatic nitrogens is 2. The lowest BCUT2D eigenvalue weighted by atomic mass is 10.2. The number of halogens is 1. The first-order valence-corrected chi connectivity index (χ1v) is 8.61. The first-order valence-electron chi connectivity index (χ1n) is 7.82. The molecule has 7 heteroatoms. The standard InChI is InChI=1S/C19H16BrN3O3/c1-11-3-5-13(6-4-11)21-10-15-17(24)22-19(26)23(18(15)25)14-7-8-16(20)12(2)9-14/h3-10,25H,1-2H3,(H,22,24,26). The Hall–Kier alpha value is -2.93. The zero-order chi connectivity index (χ0) is 18.8. The van der Waals surface area contributed by atoms with Crippen LogP contribution in [0.15, 0.2) is 61.5 Å². The average Bonchev–Trinajstić information content (AvgIpc) is 2.59. The van der Waals surface area contributed by atoms with Crippen LogP contribution in [0.3, 0.4) is 0 Å². The highest BCUT2D eigenvalue weighted by Gasteiger charge is 2.14. The molecule has 2 aromatic carbocycles. The SMILES string of the molecule is Cc1ccc(N=Cc2c(O)n(-c3ccc(Br)c(C)c3)c(=O)[nH]c2=O)cc1. The van der Waals surface area contributed by atoms with Crippen LogP contribution >= 0.6 is 15.9 Å². The zero-order valence-corrected chi connectivity index (χ0v) is 15.7. The second-order valence-electron chi connectivity index (χ2n) is 5.86. The minimum absolute atomic E-state index is 0.0919.